The summed E-state index contributed by atoms with van der Waals surface area (Å²) >= 11 is 0. The second kappa shape index (κ2) is 5.48. The summed E-state index contributed by atoms with van der Waals surface area (Å²) in [5.74, 6) is 0. The summed E-state index contributed by atoms with van der Waals surface area (Å²) in [7, 11) is 0. The highest BCUT2D eigenvalue weighted by molar-refractivity contribution is 4.92. The highest BCUT2D eigenvalue weighted by atomic mass is 16.5. The standard InChI is InChI=1S/C15H27NO2/c17-13-5-10-16(11-6-13)12-14-4-9-15(18-14)7-2-1-3-8-15/h13-14,17H,1-12H2. The predicted octanol–water partition coefficient (Wildman–Crippen LogP) is 2.33. The van der Waals surface area contributed by atoms with Gasteiger partial charge in [0.1, 0.15) is 0 Å². The fourth-order valence-corrected chi connectivity index (χ4v) is 3.98. The van der Waals surface area contributed by atoms with Gasteiger partial charge in [-0.3, -0.25) is 0 Å². The molecule has 18 heavy (non-hydrogen) atoms. The van der Waals surface area contributed by atoms with Crippen molar-refractivity contribution < 1.29 is 9.84 Å². The molecule has 0 amide bonds. The molecule has 3 nitrogen and oxygen atoms in total. The van der Waals surface area contributed by atoms with Gasteiger partial charge in [0.05, 0.1) is 17.8 Å². The Hall–Kier alpha value is -0.120. The van der Waals surface area contributed by atoms with Crippen LogP contribution in [-0.4, -0.2) is 47.4 Å². The van der Waals surface area contributed by atoms with Gasteiger partial charge in [0.2, 0.25) is 0 Å². The monoisotopic (exact) mass is 253 g/mol. The number of rotatable bonds is 2. The summed E-state index contributed by atoms with van der Waals surface area (Å²) in [6.45, 7) is 3.19. The van der Waals surface area contributed by atoms with Crippen LogP contribution in [0.25, 0.3) is 0 Å². The van der Waals surface area contributed by atoms with Gasteiger partial charge in [0.25, 0.3) is 0 Å². The first kappa shape index (κ1) is 12.9. The molecule has 1 spiro atoms. The molecule has 0 aromatic rings. The Labute approximate surface area is 110 Å². The minimum atomic E-state index is -0.0598. The van der Waals surface area contributed by atoms with Crippen LogP contribution < -0.4 is 0 Å². The van der Waals surface area contributed by atoms with E-state index in [1.165, 1.54) is 44.9 Å². The highest BCUT2D eigenvalue weighted by Crippen LogP contribution is 2.42. The number of nitrogens with zero attached hydrogens (tertiary/aromatic N) is 1. The third-order valence-corrected chi connectivity index (χ3v) is 5.12. The van der Waals surface area contributed by atoms with Crippen LogP contribution in [0.5, 0.6) is 0 Å². The van der Waals surface area contributed by atoms with Crippen molar-refractivity contribution >= 4 is 0 Å². The van der Waals surface area contributed by atoms with Crippen LogP contribution in [0.15, 0.2) is 0 Å². The van der Waals surface area contributed by atoms with Crippen molar-refractivity contribution in [1.29, 1.82) is 0 Å². The lowest BCUT2D eigenvalue weighted by Gasteiger charge is -2.35. The zero-order chi connectivity index (χ0) is 12.4. The van der Waals surface area contributed by atoms with E-state index in [0.29, 0.717) is 6.10 Å². The van der Waals surface area contributed by atoms with Crippen molar-refractivity contribution in [1.82, 2.24) is 4.90 Å². The maximum absolute atomic E-state index is 9.53. The van der Waals surface area contributed by atoms with Crippen molar-refractivity contribution in [3.05, 3.63) is 0 Å². The molecular weight excluding hydrogens is 226 g/mol. The van der Waals surface area contributed by atoms with Gasteiger partial charge in [0.15, 0.2) is 0 Å². The lowest BCUT2D eigenvalue weighted by molar-refractivity contribution is -0.0749. The number of piperidine rings is 1. The lowest BCUT2D eigenvalue weighted by atomic mass is 9.83. The number of hydrogen-bond acceptors (Lipinski definition) is 3. The van der Waals surface area contributed by atoms with Gasteiger partial charge in [-0.25, -0.2) is 0 Å². The number of likely N-dealkylation sites (tertiary alicyclic amines) is 1. The van der Waals surface area contributed by atoms with E-state index in [2.05, 4.69) is 4.90 Å². The smallest absolute Gasteiger partial charge is 0.0710 e. The molecule has 3 heteroatoms. The van der Waals surface area contributed by atoms with Crippen LogP contribution in [0.2, 0.25) is 0 Å². The molecule has 2 aliphatic heterocycles. The zero-order valence-corrected chi connectivity index (χ0v) is 11.4. The van der Waals surface area contributed by atoms with Gasteiger partial charge in [-0.2, -0.15) is 0 Å². The average Bonchev–Trinajstić information content (AvgIpc) is 2.76. The van der Waals surface area contributed by atoms with Gasteiger partial charge < -0.3 is 14.7 Å². The summed E-state index contributed by atoms with van der Waals surface area (Å²) in [4.78, 5) is 2.49. The van der Waals surface area contributed by atoms with Crippen molar-refractivity contribution in [2.24, 2.45) is 0 Å². The molecule has 0 aromatic heterocycles. The SMILES string of the molecule is OC1CCN(CC2CCC3(CCCCC3)O2)CC1. The third kappa shape index (κ3) is 2.89. The summed E-state index contributed by atoms with van der Waals surface area (Å²) in [5.41, 5.74) is 0.262. The Balaban J connectivity index is 1.47. The molecule has 2 heterocycles. The van der Waals surface area contributed by atoms with Crippen molar-refractivity contribution in [3.8, 4) is 0 Å². The summed E-state index contributed by atoms with van der Waals surface area (Å²) in [6.07, 6.45) is 11.5. The van der Waals surface area contributed by atoms with Crippen molar-refractivity contribution in [2.45, 2.75) is 75.6 Å². The molecule has 1 unspecified atom stereocenters. The van der Waals surface area contributed by atoms with Gasteiger partial charge in [-0.1, -0.05) is 19.3 Å². The molecule has 1 atom stereocenters. The first-order valence-corrected chi connectivity index (χ1v) is 7.84. The molecule has 2 saturated heterocycles. The minimum Gasteiger partial charge on any atom is -0.393 e. The molecule has 1 N–H and O–H groups in total. The van der Waals surface area contributed by atoms with Crippen molar-refractivity contribution in [2.75, 3.05) is 19.6 Å². The second-order valence-electron chi connectivity index (χ2n) is 6.55. The molecule has 3 rings (SSSR count). The first-order valence-electron chi connectivity index (χ1n) is 7.84. The van der Waals surface area contributed by atoms with E-state index >= 15 is 0 Å². The van der Waals surface area contributed by atoms with E-state index in [4.69, 9.17) is 4.74 Å². The Morgan fingerprint density at radius 3 is 2.44 bits per heavy atom. The molecule has 3 fully saturated rings. The zero-order valence-electron chi connectivity index (χ0n) is 11.4. The molecule has 1 aliphatic carbocycles. The van der Waals surface area contributed by atoms with Gasteiger partial charge in [-0.15, -0.1) is 0 Å². The minimum absolute atomic E-state index is 0.0598. The molecular formula is C15H27NO2. The van der Waals surface area contributed by atoms with E-state index < -0.39 is 0 Å². The molecule has 1 saturated carbocycles. The number of ether oxygens (including phenoxy) is 1. The lowest BCUT2D eigenvalue weighted by Crippen LogP contribution is -2.41. The topological polar surface area (TPSA) is 32.7 Å². The maximum Gasteiger partial charge on any atom is 0.0710 e. The Morgan fingerprint density at radius 1 is 1.00 bits per heavy atom. The van der Waals surface area contributed by atoms with E-state index in [9.17, 15) is 5.11 Å². The molecule has 0 radical (unpaired) electrons. The van der Waals surface area contributed by atoms with Crippen molar-refractivity contribution in [3.63, 3.8) is 0 Å². The average molecular weight is 253 g/mol. The summed E-state index contributed by atoms with van der Waals surface area (Å²) < 4.78 is 6.42. The summed E-state index contributed by atoms with van der Waals surface area (Å²) in [5, 5.41) is 9.53. The van der Waals surface area contributed by atoms with Crippen LogP contribution >= 0.6 is 0 Å². The van der Waals surface area contributed by atoms with Crippen LogP contribution in [0.4, 0.5) is 0 Å². The maximum atomic E-state index is 9.53. The van der Waals surface area contributed by atoms with Crippen LogP contribution in [0, 0.1) is 0 Å². The molecule has 0 bridgehead atoms. The highest BCUT2D eigenvalue weighted by Gasteiger charge is 2.41. The molecule has 3 aliphatic rings. The summed E-state index contributed by atoms with van der Waals surface area (Å²) in [6, 6.07) is 0. The fourth-order valence-electron chi connectivity index (χ4n) is 3.98. The molecule has 104 valence electrons. The largest absolute Gasteiger partial charge is 0.393 e. The van der Waals surface area contributed by atoms with Gasteiger partial charge in [0, 0.05) is 19.6 Å². The normalized spacial score (nSPS) is 34.2. The Kier molecular flexibility index (Phi) is 3.92. The quantitative estimate of drug-likeness (QED) is 0.820. The molecule has 0 aromatic carbocycles. The number of aliphatic hydroxyl groups excluding tert-OH is 1. The number of hydrogen-bond donors (Lipinski definition) is 1. The van der Waals surface area contributed by atoms with Crippen LogP contribution in [0.1, 0.15) is 57.8 Å². The second-order valence-corrected chi connectivity index (χ2v) is 6.55. The van der Waals surface area contributed by atoms with E-state index in [1.54, 1.807) is 0 Å². The van der Waals surface area contributed by atoms with E-state index in [1.807, 2.05) is 0 Å². The van der Waals surface area contributed by atoms with Gasteiger partial charge >= 0.3 is 0 Å². The predicted molar refractivity (Wildman–Crippen MR) is 71.6 cm³/mol. The fraction of sp³-hybridized carbons (Fsp3) is 1.00. The number of aliphatic hydroxyl groups is 1. The Bertz CT molecular complexity index is 268. The Morgan fingerprint density at radius 2 is 1.72 bits per heavy atom. The van der Waals surface area contributed by atoms with Crippen LogP contribution in [0.3, 0.4) is 0 Å². The van der Waals surface area contributed by atoms with Crippen LogP contribution in [-0.2, 0) is 4.74 Å². The third-order valence-electron chi connectivity index (χ3n) is 5.12. The van der Waals surface area contributed by atoms with E-state index in [0.717, 1.165) is 32.5 Å². The van der Waals surface area contributed by atoms with Gasteiger partial charge in [-0.05, 0) is 38.5 Å². The first-order chi connectivity index (χ1) is 8.76. The van der Waals surface area contributed by atoms with E-state index in [-0.39, 0.29) is 11.7 Å².